The molecular formula is C25H33N3O4. The van der Waals surface area contributed by atoms with Gasteiger partial charge in [-0.15, -0.1) is 0 Å². The molecule has 0 aliphatic rings. The number of hydrogen-bond acceptors (Lipinski definition) is 5. The van der Waals surface area contributed by atoms with E-state index < -0.39 is 5.91 Å². The molecule has 2 N–H and O–H groups in total. The number of nitrogens with zero attached hydrogens (tertiary/aromatic N) is 2. The quantitative estimate of drug-likeness (QED) is 0.487. The third-order valence-electron chi connectivity index (χ3n) is 5.43. The van der Waals surface area contributed by atoms with E-state index in [0.29, 0.717) is 11.3 Å². The minimum atomic E-state index is -0.458. The van der Waals surface area contributed by atoms with Gasteiger partial charge in [-0.3, -0.25) is 9.59 Å². The van der Waals surface area contributed by atoms with Crippen LogP contribution in [0.4, 0.5) is 0 Å². The third-order valence-corrected chi connectivity index (χ3v) is 5.43. The van der Waals surface area contributed by atoms with Gasteiger partial charge in [0.05, 0.1) is 24.6 Å². The van der Waals surface area contributed by atoms with Crippen LogP contribution in [0.25, 0.3) is 21.8 Å². The molecule has 0 atom stereocenters. The minimum absolute atomic E-state index is 0.148. The van der Waals surface area contributed by atoms with Crippen LogP contribution < -0.4 is 10.5 Å². The lowest BCUT2D eigenvalue weighted by Gasteiger charge is -2.13. The van der Waals surface area contributed by atoms with Crippen LogP contribution in [0.15, 0.2) is 30.3 Å². The van der Waals surface area contributed by atoms with E-state index in [-0.39, 0.29) is 25.1 Å². The number of ether oxygens (including phenoxy) is 2. The Morgan fingerprint density at radius 1 is 1.19 bits per heavy atom. The second-order valence-electron chi connectivity index (χ2n) is 8.65. The van der Waals surface area contributed by atoms with Crippen LogP contribution in [0.1, 0.15) is 42.6 Å². The minimum Gasteiger partial charge on any atom is -0.493 e. The van der Waals surface area contributed by atoms with E-state index >= 15 is 0 Å². The third kappa shape index (κ3) is 5.22. The molecule has 7 heteroatoms. The topological polar surface area (TPSA) is 86.8 Å². The number of aromatic nitrogens is 1. The highest BCUT2D eigenvalue weighted by Crippen LogP contribution is 2.36. The highest BCUT2D eigenvalue weighted by Gasteiger charge is 2.18. The standard InChI is InChI=1S/C25H33N3O4/c1-16(2)32-22(29)11-13-31-18-14-17(8-7-12-27(3)4)24-20(15-18)23-19(25(26)30)9-6-10-21(23)28(24)5/h6,9-10,14-16H,7-8,11-13H2,1-5H3,(H2,26,30). The maximum Gasteiger partial charge on any atom is 0.309 e. The van der Waals surface area contributed by atoms with E-state index in [1.54, 1.807) is 6.07 Å². The average molecular weight is 440 g/mol. The molecule has 0 saturated heterocycles. The molecule has 3 aromatic rings. The molecule has 1 aromatic heterocycles. The van der Waals surface area contributed by atoms with Crippen molar-refractivity contribution in [3.63, 3.8) is 0 Å². The molecule has 2 aromatic carbocycles. The lowest BCUT2D eigenvalue weighted by molar-refractivity contribution is -0.147. The van der Waals surface area contributed by atoms with Crippen LogP contribution >= 0.6 is 0 Å². The number of aryl methyl sites for hydroxylation is 2. The molecule has 0 unspecified atom stereocenters. The number of benzene rings is 2. The normalized spacial score (nSPS) is 11.6. The summed E-state index contributed by atoms with van der Waals surface area (Å²) in [4.78, 5) is 26.2. The van der Waals surface area contributed by atoms with Crippen molar-refractivity contribution in [2.75, 3.05) is 27.2 Å². The maximum atomic E-state index is 12.1. The molecule has 1 amide bonds. The van der Waals surface area contributed by atoms with E-state index in [9.17, 15) is 9.59 Å². The van der Waals surface area contributed by atoms with Crippen molar-refractivity contribution < 1.29 is 19.1 Å². The van der Waals surface area contributed by atoms with Crippen molar-refractivity contribution in [2.24, 2.45) is 12.8 Å². The number of hydrogen-bond donors (Lipinski definition) is 1. The molecule has 1 heterocycles. The first kappa shape index (κ1) is 23.6. The summed E-state index contributed by atoms with van der Waals surface area (Å²) in [6.45, 7) is 4.83. The van der Waals surface area contributed by atoms with E-state index in [1.165, 1.54) is 0 Å². The number of esters is 1. The van der Waals surface area contributed by atoms with E-state index in [4.69, 9.17) is 15.2 Å². The second-order valence-corrected chi connectivity index (χ2v) is 8.65. The zero-order chi connectivity index (χ0) is 23.4. The van der Waals surface area contributed by atoms with Gasteiger partial charge in [0.2, 0.25) is 5.91 Å². The Labute approximate surface area is 189 Å². The highest BCUT2D eigenvalue weighted by atomic mass is 16.5. The van der Waals surface area contributed by atoms with Gasteiger partial charge in [0.1, 0.15) is 5.75 Å². The fourth-order valence-electron chi connectivity index (χ4n) is 4.11. The van der Waals surface area contributed by atoms with Crippen molar-refractivity contribution >= 4 is 33.7 Å². The van der Waals surface area contributed by atoms with Gasteiger partial charge in [0.15, 0.2) is 0 Å². The molecule has 32 heavy (non-hydrogen) atoms. The van der Waals surface area contributed by atoms with Crippen molar-refractivity contribution in [1.82, 2.24) is 9.47 Å². The van der Waals surface area contributed by atoms with Crippen LogP contribution in [0.2, 0.25) is 0 Å². The van der Waals surface area contributed by atoms with E-state index in [1.807, 2.05) is 45.2 Å². The number of fused-ring (bicyclic) bond motifs is 3. The number of carbonyl (C=O) groups is 2. The Kier molecular flexibility index (Phi) is 7.40. The molecular weight excluding hydrogens is 406 g/mol. The van der Waals surface area contributed by atoms with Crippen LogP contribution in [-0.4, -0.2) is 54.7 Å². The second kappa shape index (κ2) is 10.0. The molecule has 0 saturated carbocycles. The largest absolute Gasteiger partial charge is 0.493 e. The van der Waals surface area contributed by atoms with Crippen LogP contribution in [0, 0.1) is 0 Å². The molecule has 0 fully saturated rings. The molecule has 0 radical (unpaired) electrons. The lowest BCUT2D eigenvalue weighted by atomic mass is 10.0. The van der Waals surface area contributed by atoms with Crippen molar-refractivity contribution in [3.05, 3.63) is 41.5 Å². The van der Waals surface area contributed by atoms with Crippen molar-refractivity contribution in [2.45, 2.75) is 39.2 Å². The highest BCUT2D eigenvalue weighted by molar-refractivity contribution is 6.18. The number of carbonyl (C=O) groups excluding carboxylic acids is 2. The molecule has 7 nitrogen and oxygen atoms in total. The summed E-state index contributed by atoms with van der Waals surface area (Å²) >= 11 is 0. The van der Waals surface area contributed by atoms with Gasteiger partial charge in [0, 0.05) is 28.9 Å². The first-order valence-corrected chi connectivity index (χ1v) is 11.0. The van der Waals surface area contributed by atoms with Gasteiger partial charge in [-0.2, -0.15) is 0 Å². The Bertz CT molecular complexity index is 1130. The first-order chi connectivity index (χ1) is 15.2. The van der Waals surface area contributed by atoms with Gasteiger partial charge < -0.3 is 24.7 Å². The van der Waals surface area contributed by atoms with Crippen molar-refractivity contribution in [3.8, 4) is 5.75 Å². The summed E-state index contributed by atoms with van der Waals surface area (Å²) in [5.41, 5.74) is 9.33. The molecule has 0 spiro atoms. The van der Waals surface area contributed by atoms with Gasteiger partial charge >= 0.3 is 5.97 Å². The van der Waals surface area contributed by atoms with Crippen LogP contribution in [0.5, 0.6) is 5.75 Å². The van der Waals surface area contributed by atoms with Gasteiger partial charge in [-0.25, -0.2) is 0 Å². The Morgan fingerprint density at radius 3 is 2.59 bits per heavy atom. The molecule has 3 rings (SSSR count). The molecule has 0 aliphatic carbocycles. The fraction of sp³-hybridized carbons (Fsp3) is 0.440. The van der Waals surface area contributed by atoms with Gasteiger partial charge in [-0.1, -0.05) is 6.07 Å². The summed E-state index contributed by atoms with van der Waals surface area (Å²) < 4.78 is 13.3. The van der Waals surface area contributed by atoms with Crippen LogP contribution in [-0.2, 0) is 23.0 Å². The van der Waals surface area contributed by atoms with E-state index in [0.717, 1.165) is 46.8 Å². The van der Waals surface area contributed by atoms with Gasteiger partial charge in [-0.05, 0) is 77.2 Å². The fourth-order valence-corrected chi connectivity index (χ4v) is 4.11. The van der Waals surface area contributed by atoms with Crippen molar-refractivity contribution in [1.29, 1.82) is 0 Å². The zero-order valence-electron chi connectivity index (χ0n) is 19.6. The summed E-state index contributed by atoms with van der Waals surface area (Å²) in [6.07, 6.45) is 1.87. The molecule has 0 aliphatic heterocycles. The summed E-state index contributed by atoms with van der Waals surface area (Å²) in [6, 6.07) is 9.58. The number of rotatable bonds is 10. The predicted molar refractivity (Wildman–Crippen MR) is 127 cm³/mol. The van der Waals surface area contributed by atoms with Crippen LogP contribution in [0.3, 0.4) is 0 Å². The smallest absolute Gasteiger partial charge is 0.309 e. The Balaban J connectivity index is 2.03. The molecule has 0 bridgehead atoms. The lowest BCUT2D eigenvalue weighted by Crippen LogP contribution is -2.14. The SMILES string of the molecule is CC(C)OC(=O)CCOc1cc(CCCN(C)C)c2c(c1)c1c(C(N)=O)cccc1n2C. The average Bonchev–Trinajstić information content (AvgIpc) is 2.99. The van der Waals surface area contributed by atoms with Gasteiger partial charge in [0.25, 0.3) is 0 Å². The Morgan fingerprint density at radius 2 is 1.94 bits per heavy atom. The molecule has 172 valence electrons. The number of primary amides is 1. The maximum absolute atomic E-state index is 12.1. The number of amides is 1. The zero-order valence-corrected chi connectivity index (χ0v) is 19.6. The summed E-state index contributed by atoms with van der Waals surface area (Å²) in [7, 11) is 6.12. The summed E-state index contributed by atoms with van der Waals surface area (Å²) in [5.74, 6) is -0.0741. The summed E-state index contributed by atoms with van der Waals surface area (Å²) in [5, 5.41) is 1.76. The monoisotopic (exact) mass is 439 g/mol. The first-order valence-electron chi connectivity index (χ1n) is 11.0. The number of nitrogens with two attached hydrogens (primary N) is 1. The predicted octanol–water partition coefficient (Wildman–Crippen LogP) is 3.65. The van der Waals surface area contributed by atoms with E-state index in [2.05, 4.69) is 23.6 Å². The Hall–Kier alpha value is -3.06.